The molecule has 0 radical (unpaired) electrons. The predicted molar refractivity (Wildman–Crippen MR) is 115 cm³/mol. The van der Waals surface area contributed by atoms with Crippen molar-refractivity contribution in [3.8, 4) is 17.2 Å². The molecular weight excluding hydrogens is 426 g/mol. The van der Waals surface area contributed by atoms with Crippen LogP contribution in [0.2, 0.25) is 5.02 Å². The van der Waals surface area contributed by atoms with E-state index in [2.05, 4.69) is 39.9 Å². The SMILES string of the molecule is CCCCc1ccc(-n2nnnc2SCC(=O)Nc2cc3c(cc2Cl)OCO3)cc1. The monoisotopic (exact) mass is 445 g/mol. The molecule has 0 saturated carbocycles. The smallest absolute Gasteiger partial charge is 0.234 e. The lowest BCUT2D eigenvalue weighted by Gasteiger charge is -2.09. The fourth-order valence-corrected chi connectivity index (χ4v) is 3.84. The minimum Gasteiger partial charge on any atom is -0.454 e. The summed E-state index contributed by atoms with van der Waals surface area (Å²) < 4.78 is 12.2. The Bertz CT molecular complexity index is 1040. The number of tetrazole rings is 1. The maximum absolute atomic E-state index is 12.4. The van der Waals surface area contributed by atoms with Gasteiger partial charge in [-0.3, -0.25) is 4.79 Å². The van der Waals surface area contributed by atoms with Crippen LogP contribution in [0.5, 0.6) is 11.5 Å². The average Bonchev–Trinajstić information content (AvgIpc) is 3.40. The minimum atomic E-state index is -0.231. The van der Waals surface area contributed by atoms with Crippen LogP contribution in [0.4, 0.5) is 5.69 Å². The molecule has 30 heavy (non-hydrogen) atoms. The quantitative estimate of drug-likeness (QED) is 0.521. The van der Waals surface area contributed by atoms with Gasteiger partial charge in [-0.05, 0) is 41.0 Å². The molecule has 8 nitrogen and oxygen atoms in total. The Labute approximate surface area is 182 Å². The lowest BCUT2D eigenvalue weighted by molar-refractivity contribution is -0.113. The number of benzene rings is 2. The molecule has 0 atom stereocenters. The van der Waals surface area contributed by atoms with Gasteiger partial charge in [0.15, 0.2) is 11.5 Å². The van der Waals surface area contributed by atoms with Crippen molar-refractivity contribution in [3.05, 3.63) is 47.0 Å². The first kappa shape index (κ1) is 20.5. The van der Waals surface area contributed by atoms with E-state index in [1.807, 2.05) is 12.1 Å². The van der Waals surface area contributed by atoms with Crippen molar-refractivity contribution in [1.82, 2.24) is 20.2 Å². The van der Waals surface area contributed by atoms with Crippen LogP contribution in [0, 0.1) is 0 Å². The van der Waals surface area contributed by atoms with E-state index in [1.54, 1.807) is 16.8 Å². The molecule has 3 aromatic rings. The number of ether oxygens (including phenoxy) is 2. The van der Waals surface area contributed by atoms with Gasteiger partial charge in [-0.1, -0.05) is 48.8 Å². The number of thioether (sulfide) groups is 1. The van der Waals surface area contributed by atoms with E-state index in [-0.39, 0.29) is 18.5 Å². The highest BCUT2D eigenvalue weighted by Gasteiger charge is 2.18. The summed E-state index contributed by atoms with van der Waals surface area (Å²) in [4.78, 5) is 12.4. The summed E-state index contributed by atoms with van der Waals surface area (Å²) in [5.41, 5.74) is 2.60. The highest BCUT2D eigenvalue weighted by molar-refractivity contribution is 7.99. The molecule has 0 aliphatic carbocycles. The number of nitrogens with one attached hydrogen (secondary N) is 1. The second kappa shape index (κ2) is 9.36. The minimum absolute atomic E-state index is 0.125. The highest BCUT2D eigenvalue weighted by atomic mass is 35.5. The van der Waals surface area contributed by atoms with Crippen LogP contribution in [0.3, 0.4) is 0 Å². The van der Waals surface area contributed by atoms with Crippen LogP contribution in [0.15, 0.2) is 41.6 Å². The molecule has 0 spiro atoms. The molecule has 1 aliphatic heterocycles. The molecule has 10 heteroatoms. The van der Waals surface area contributed by atoms with Gasteiger partial charge >= 0.3 is 0 Å². The number of nitrogens with zero attached hydrogens (tertiary/aromatic N) is 4. The predicted octanol–water partition coefficient (Wildman–Crippen LogP) is 4.12. The van der Waals surface area contributed by atoms with Gasteiger partial charge in [-0.2, -0.15) is 4.68 Å². The van der Waals surface area contributed by atoms with Crippen LogP contribution < -0.4 is 14.8 Å². The highest BCUT2D eigenvalue weighted by Crippen LogP contribution is 2.39. The second-order valence-electron chi connectivity index (χ2n) is 6.67. The van der Waals surface area contributed by atoms with Gasteiger partial charge in [0.25, 0.3) is 0 Å². The number of aromatic nitrogens is 4. The van der Waals surface area contributed by atoms with E-state index in [4.69, 9.17) is 21.1 Å². The molecule has 0 saturated heterocycles. The van der Waals surface area contributed by atoms with Gasteiger partial charge in [-0.15, -0.1) is 5.10 Å². The third-order valence-corrected chi connectivity index (χ3v) is 5.74. The number of unbranched alkanes of at least 4 members (excludes halogenated alkanes) is 1. The molecule has 0 unspecified atom stereocenters. The summed E-state index contributed by atoms with van der Waals surface area (Å²) in [5, 5.41) is 15.5. The average molecular weight is 446 g/mol. The molecule has 2 heterocycles. The first-order valence-electron chi connectivity index (χ1n) is 9.53. The number of hydrogen-bond donors (Lipinski definition) is 1. The van der Waals surface area contributed by atoms with E-state index in [0.29, 0.717) is 27.4 Å². The summed E-state index contributed by atoms with van der Waals surface area (Å²) in [5.74, 6) is 1.01. The number of rotatable bonds is 8. The fraction of sp³-hybridized carbons (Fsp3) is 0.300. The van der Waals surface area contributed by atoms with Crippen molar-refractivity contribution in [3.63, 3.8) is 0 Å². The van der Waals surface area contributed by atoms with Gasteiger partial charge in [0.1, 0.15) is 0 Å². The summed E-state index contributed by atoms with van der Waals surface area (Å²) in [6.07, 6.45) is 3.37. The van der Waals surface area contributed by atoms with Crippen molar-refractivity contribution >= 4 is 35.0 Å². The number of halogens is 1. The fourth-order valence-electron chi connectivity index (χ4n) is 2.95. The summed E-state index contributed by atoms with van der Waals surface area (Å²) in [7, 11) is 0. The van der Waals surface area contributed by atoms with Crippen LogP contribution >= 0.6 is 23.4 Å². The third kappa shape index (κ3) is 4.68. The van der Waals surface area contributed by atoms with E-state index in [0.717, 1.165) is 24.9 Å². The molecule has 4 rings (SSSR count). The lowest BCUT2D eigenvalue weighted by atomic mass is 10.1. The zero-order valence-electron chi connectivity index (χ0n) is 16.3. The van der Waals surface area contributed by atoms with Gasteiger partial charge < -0.3 is 14.8 Å². The molecule has 0 bridgehead atoms. The number of anilines is 1. The van der Waals surface area contributed by atoms with Gasteiger partial charge in [0, 0.05) is 12.1 Å². The topological polar surface area (TPSA) is 91.2 Å². The first-order chi connectivity index (χ1) is 14.6. The summed E-state index contributed by atoms with van der Waals surface area (Å²) in [6, 6.07) is 11.4. The normalized spacial score (nSPS) is 12.2. The Morgan fingerprint density at radius 3 is 2.77 bits per heavy atom. The number of hydrogen-bond acceptors (Lipinski definition) is 7. The Morgan fingerprint density at radius 1 is 1.23 bits per heavy atom. The lowest BCUT2D eigenvalue weighted by Crippen LogP contribution is -2.15. The second-order valence-corrected chi connectivity index (χ2v) is 8.02. The summed E-state index contributed by atoms with van der Waals surface area (Å²) >= 11 is 7.45. The Kier molecular flexibility index (Phi) is 6.39. The molecule has 1 amide bonds. The van der Waals surface area contributed by atoms with Crippen molar-refractivity contribution in [1.29, 1.82) is 0 Å². The number of carbonyl (C=O) groups excluding carboxylic acids is 1. The van der Waals surface area contributed by atoms with Crippen molar-refractivity contribution in [2.24, 2.45) is 0 Å². The number of amides is 1. The van der Waals surface area contributed by atoms with Crippen LogP contribution in [-0.2, 0) is 11.2 Å². The molecule has 1 N–H and O–H groups in total. The molecule has 1 aliphatic rings. The van der Waals surface area contributed by atoms with E-state index in [1.165, 1.54) is 17.3 Å². The van der Waals surface area contributed by atoms with Crippen LogP contribution in [0.25, 0.3) is 5.69 Å². The molecular formula is C20H20ClN5O3S. The maximum atomic E-state index is 12.4. The van der Waals surface area contributed by atoms with Crippen molar-refractivity contribution in [2.75, 3.05) is 17.9 Å². The zero-order valence-corrected chi connectivity index (χ0v) is 17.9. The third-order valence-electron chi connectivity index (χ3n) is 4.51. The van der Waals surface area contributed by atoms with E-state index < -0.39 is 0 Å². The van der Waals surface area contributed by atoms with E-state index >= 15 is 0 Å². The molecule has 0 fully saturated rings. The Balaban J connectivity index is 1.38. The van der Waals surface area contributed by atoms with Crippen LogP contribution in [0.1, 0.15) is 25.3 Å². The number of aryl methyl sites for hydroxylation is 1. The number of carbonyl (C=O) groups is 1. The zero-order chi connectivity index (χ0) is 20.9. The Morgan fingerprint density at radius 2 is 2.00 bits per heavy atom. The van der Waals surface area contributed by atoms with Gasteiger partial charge in [0.2, 0.25) is 17.9 Å². The molecule has 1 aromatic heterocycles. The standard InChI is InChI=1S/C20H20ClN5O3S/c1-2-3-4-13-5-7-14(8-6-13)26-20(23-24-25-26)30-11-19(27)22-16-10-18-17(9-15(16)21)28-12-29-18/h5-10H,2-4,11-12H2,1H3,(H,22,27). The van der Waals surface area contributed by atoms with Crippen molar-refractivity contribution in [2.45, 2.75) is 31.3 Å². The number of fused-ring (bicyclic) bond motifs is 1. The maximum Gasteiger partial charge on any atom is 0.234 e. The van der Waals surface area contributed by atoms with E-state index in [9.17, 15) is 4.79 Å². The van der Waals surface area contributed by atoms with Crippen LogP contribution in [-0.4, -0.2) is 38.7 Å². The first-order valence-corrected chi connectivity index (χ1v) is 10.9. The molecule has 156 valence electrons. The van der Waals surface area contributed by atoms with Crippen molar-refractivity contribution < 1.29 is 14.3 Å². The van der Waals surface area contributed by atoms with Gasteiger partial charge in [0.05, 0.1) is 22.2 Å². The summed E-state index contributed by atoms with van der Waals surface area (Å²) in [6.45, 7) is 2.32. The van der Waals surface area contributed by atoms with Gasteiger partial charge in [-0.25, -0.2) is 0 Å². The Hall–Kier alpha value is -2.78. The largest absolute Gasteiger partial charge is 0.454 e. The molecule has 2 aromatic carbocycles.